The van der Waals surface area contributed by atoms with Gasteiger partial charge in [0.1, 0.15) is 11.3 Å². The van der Waals surface area contributed by atoms with E-state index in [-0.39, 0.29) is 17.1 Å². The van der Waals surface area contributed by atoms with Gasteiger partial charge in [-0.15, -0.1) is 0 Å². The zero-order chi connectivity index (χ0) is 18.7. The zero-order valence-electron chi connectivity index (χ0n) is 14.4. The molecular formula is C20H18O5S. The van der Waals surface area contributed by atoms with Gasteiger partial charge in [0.15, 0.2) is 0 Å². The Kier molecular flexibility index (Phi) is 5.23. The summed E-state index contributed by atoms with van der Waals surface area (Å²) >= 11 is 0. The fraction of sp³-hybridized carbons (Fsp3) is 0.150. The SMILES string of the molecule is COc1c(-c2ccoc2)ccc(CS(=O)c2ccccc2C)c1C(=O)O. The Labute approximate surface area is 153 Å². The van der Waals surface area contributed by atoms with Crippen molar-refractivity contribution in [1.29, 1.82) is 0 Å². The summed E-state index contributed by atoms with van der Waals surface area (Å²) in [5, 5.41) is 9.74. The third kappa shape index (κ3) is 3.41. The van der Waals surface area contributed by atoms with Crippen molar-refractivity contribution in [2.45, 2.75) is 17.6 Å². The van der Waals surface area contributed by atoms with E-state index >= 15 is 0 Å². The Morgan fingerprint density at radius 1 is 1.19 bits per heavy atom. The molecule has 0 aliphatic carbocycles. The fourth-order valence-electron chi connectivity index (χ4n) is 2.87. The summed E-state index contributed by atoms with van der Waals surface area (Å²) in [6.07, 6.45) is 3.03. The molecule has 0 radical (unpaired) electrons. The highest BCUT2D eigenvalue weighted by molar-refractivity contribution is 7.84. The van der Waals surface area contributed by atoms with Crippen LogP contribution in [0.2, 0.25) is 0 Å². The number of aryl methyl sites for hydroxylation is 1. The molecule has 0 amide bonds. The van der Waals surface area contributed by atoms with Crippen LogP contribution < -0.4 is 4.74 Å². The van der Waals surface area contributed by atoms with Gasteiger partial charge in [-0.2, -0.15) is 0 Å². The highest BCUT2D eigenvalue weighted by atomic mass is 32.2. The molecule has 5 nitrogen and oxygen atoms in total. The largest absolute Gasteiger partial charge is 0.495 e. The minimum absolute atomic E-state index is 0.0214. The van der Waals surface area contributed by atoms with Crippen molar-refractivity contribution in [2.75, 3.05) is 7.11 Å². The van der Waals surface area contributed by atoms with Gasteiger partial charge < -0.3 is 14.3 Å². The van der Waals surface area contributed by atoms with Crippen LogP contribution in [0.1, 0.15) is 21.5 Å². The summed E-state index contributed by atoms with van der Waals surface area (Å²) in [6.45, 7) is 1.88. The molecule has 0 fully saturated rings. The Balaban J connectivity index is 2.06. The van der Waals surface area contributed by atoms with Gasteiger partial charge in [0.25, 0.3) is 0 Å². The van der Waals surface area contributed by atoms with Gasteiger partial charge in [-0.25, -0.2) is 4.79 Å². The molecule has 1 unspecified atom stereocenters. The monoisotopic (exact) mass is 370 g/mol. The Morgan fingerprint density at radius 2 is 1.96 bits per heavy atom. The van der Waals surface area contributed by atoms with Crippen LogP contribution in [-0.4, -0.2) is 22.4 Å². The number of ether oxygens (including phenoxy) is 1. The molecule has 3 rings (SSSR count). The number of hydrogen-bond donors (Lipinski definition) is 1. The number of methoxy groups -OCH3 is 1. The molecule has 1 heterocycles. The van der Waals surface area contributed by atoms with E-state index in [0.29, 0.717) is 16.0 Å². The maximum atomic E-state index is 12.8. The number of rotatable bonds is 6. The van der Waals surface area contributed by atoms with Gasteiger partial charge in [0, 0.05) is 16.0 Å². The first kappa shape index (κ1) is 17.9. The first-order chi connectivity index (χ1) is 12.5. The molecule has 0 spiro atoms. The minimum Gasteiger partial charge on any atom is -0.495 e. The van der Waals surface area contributed by atoms with Crippen molar-refractivity contribution in [3.05, 3.63) is 71.7 Å². The number of carboxylic acid groups (broad SMARTS) is 1. The van der Waals surface area contributed by atoms with E-state index < -0.39 is 16.8 Å². The topological polar surface area (TPSA) is 76.7 Å². The number of carboxylic acids is 1. The smallest absolute Gasteiger partial charge is 0.339 e. The van der Waals surface area contributed by atoms with E-state index in [1.807, 2.05) is 25.1 Å². The standard InChI is InChI=1S/C20H18O5S/c1-13-5-3-4-6-17(13)26(23)12-15-7-8-16(14-9-10-25-11-14)19(24-2)18(15)20(21)22/h3-11H,12H2,1-2H3,(H,21,22). The molecule has 26 heavy (non-hydrogen) atoms. The summed E-state index contributed by atoms with van der Waals surface area (Å²) in [5.74, 6) is -0.795. The predicted octanol–water partition coefficient (Wildman–Crippen LogP) is 4.27. The highest BCUT2D eigenvalue weighted by Crippen LogP contribution is 2.36. The Bertz CT molecular complexity index is 960. The number of furan rings is 1. The lowest BCUT2D eigenvalue weighted by molar-refractivity contribution is 0.0692. The lowest BCUT2D eigenvalue weighted by atomic mass is 9.99. The maximum absolute atomic E-state index is 12.8. The molecule has 2 aromatic carbocycles. The van der Waals surface area contributed by atoms with Crippen LogP contribution in [0.3, 0.4) is 0 Å². The van der Waals surface area contributed by atoms with Crippen molar-refractivity contribution in [1.82, 2.24) is 0 Å². The highest BCUT2D eigenvalue weighted by Gasteiger charge is 2.23. The summed E-state index contributed by atoms with van der Waals surface area (Å²) in [5.41, 5.74) is 2.72. The first-order valence-corrected chi connectivity index (χ1v) is 9.24. The van der Waals surface area contributed by atoms with Crippen molar-refractivity contribution in [3.63, 3.8) is 0 Å². The molecule has 0 aliphatic heterocycles. The molecule has 0 aliphatic rings. The predicted molar refractivity (Wildman–Crippen MR) is 98.9 cm³/mol. The second-order valence-corrected chi connectivity index (χ2v) is 7.17. The van der Waals surface area contributed by atoms with E-state index in [4.69, 9.17) is 9.15 Å². The summed E-state index contributed by atoms with van der Waals surface area (Å²) in [7, 11) is 0.0603. The molecule has 0 saturated heterocycles. The van der Waals surface area contributed by atoms with E-state index in [9.17, 15) is 14.1 Å². The van der Waals surface area contributed by atoms with Crippen LogP contribution in [0, 0.1) is 6.92 Å². The molecule has 0 saturated carbocycles. The molecule has 1 N–H and O–H groups in total. The second-order valence-electron chi connectivity index (χ2n) is 5.75. The molecule has 1 atom stereocenters. The first-order valence-electron chi connectivity index (χ1n) is 7.92. The van der Waals surface area contributed by atoms with Crippen LogP contribution in [0.5, 0.6) is 5.75 Å². The van der Waals surface area contributed by atoms with Gasteiger partial charge in [-0.3, -0.25) is 4.21 Å². The van der Waals surface area contributed by atoms with Crippen molar-refractivity contribution in [3.8, 4) is 16.9 Å². The third-order valence-corrected chi connectivity index (χ3v) is 5.64. The Hall–Kier alpha value is -2.86. The van der Waals surface area contributed by atoms with Gasteiger partial charge >= 0.3 is 5.97 Å². The van der Waals surface area contributed by atoms with Crippen molar-refractivity contribution >= 4 is 16.8 Å². The van der Waals surface area contributed by atoms with E-state index in [1.165, 1.54) is 19.6 Å². The van der Waals surface area contributed by atoms with Gasteiger partial charge in [-0.05, 0) is 30.2 Å². The van der Waals surface area contributed by atoms with Crippen molar-refractivity contribution < 1.29 is 23.3 Å². The maximum Gasteiger partial charge on any atom is 0.339 e. The zero-order valence-corrected chi connectivity index (χ0v) is 15.2. The molecule has 134 valence electrons. The van der Waals surface area contributed by atoms with E-state index in [2.05, 4.69) is 0 Å². The number of carbonyl (C=O) groups is 1. The fourth-order valence-corrected chi connectivity index (χ4v) is 4.20. The second kappa shape index (κ2) is 7.58. The van der Waals surface area contributed by atoms with Gasteiger partial charge in [0.05, 0.1) is 36.2 Å². The average molecular weight is 370 g/mol. The third-order valence-electron chi connectivity index (χ3n) is 4.12. The van der Waals surface area contributed by atoms with Crippen LogP contribution in [0.15, 0.2) is 64.3 Å². The lowest BCUT2D eigenvalue weighted by Crippen LogP contribution is -2.09. The summed E-state index contributed by atoms with van der Waals surface area (Å²) in [6, 6.07) is 12.6. The number of benzene rings is 2. The molecule has 0 bridgehead atoms. The van der Waals surface area contributed by atoms with Crippen LogP contribution in [0.4, 0.5) is 0 Å². The molecule has 3 aromatic rings. The van der Waals surface area contributed by atoms with Crippen LogP contribution in [0.25, 0.3) is 11.1 Å². The quantitative estimate of drug-likeness (QED) is 0.701. The molecular weight excluding hydrogens is 352 g/mol. The molecule has 6 heteroatoms. The van der Waals surface area contributed by atoms with Gasteiger partial charge in [-0.1, -0.05) is 30.3 Å². The average Bonchev–Trinajstić information content (AvgIpc) is 3.15. The lowest BCUT2D eigenvalue weighted by Gasteiger charge is -2.15. The van der Waals surface area contributed by atoms with Crippen LogP contribution in [-0.2, 0) is 16.6 Å². The van der Waals surface area contributed by atoms with E-state index in [1.54, 1.807) is 24.3 Å². The number of aromatic carboxylic acids is 1. The van der Waals surface area contributed by atoms with Crippen LogP contribution >= 0.6 is 0 Å². The van der Waals surface area contributed by atoms with Crippen molar-refractivity contribution in [2.24, 2.45) is 0 Å². The molecule has 1 aromatic heterocycles. The summed E-state index contributed by atoms with van der Waals surface area (Å²) < 4.78 is 23.3. The van der Waals surface area contributed by atoms with E-state index in [0.717, 1.165) is 11.1 Å². The normalized spacial score (nSPS) is 11.9. The minimum atomic E-state index is -1.36. The Morgan fingerprint density at radius 3 is 2.58 bits per heavy atom. The number of hydrogen-bond acceptors (Lipinski definition) is 4. The van der Waals surface area contributed by atoms with Gasteiger partial charge in [0.2, 0.25) is 0 Å². The summed E-state index contributed by atoms with van der Waals surface area (Å²) in [4.78, 5) is 12.6.